The Hall–Kier alpha value is -3.79. The van der Waals surface area contributed by atoms with Crippen molar-refractivity contribution in [1.29, 1.82) is 0 Å². The van der Waals surface area contributed by atoms with Crippen LogP contribution in [0.3, 0.4) is 0 Å². The number of pyridine rings is 1. The van der Waals surface area contributed by atoms with Crippen molar-refractivity contribution in [2.24, 2.45) is 0 Å². The van der Waals surface area contributed by atoms with E-state index in [2.05, 4.69) is 20.6 Å². The van der Waals surface area contributed by atoms with Crippen molar-refractivity contribution in [1.82, 2.24) is 19.9 Å². The third-order valence-electron chi connectivity index (χ3n) is 5.61. The predicted octanol–water partition coefficient (Wildman–Crippen LogP) is 3.11. The van der Waals surface area contributed by atoms with Gasteiger partial charge in [-0.25, -0.2) is 9.37 Å². The number of thiophene rings is 1. The lowest BCUT2D eigenvalue weighted by atomic mass is 9.96. The van der Waals surface area contributed by atoms with Gasteiger partial charge in [0.15, 0.2) is 5.75 Å². The zero-order valence-electron chi connectivity index (χ0n) is 17.4. The molecule has 33 heavy (non-hydrogen) atoms. The topological polar surface area (TPSA) is 109 Å². The SMILES string of the molecule is O=C(Cn1cnc2c(c1=O)N[C@H](c1ccc(F)cc1)CC2)NCc1cc2cncc(O)c2s1. The molecule has 0 fully saturated rings. The zero-order chi connectivity index (χ0) is 22.9. The van der Waals surface area contributed by atoms with Gasteiger partial charge < -0.3 is 15.7 Å². The number of aromatic nitrogens is 3. The molecule has 0 aliphatic carbocycles. The fourth-order valence-corrected chi connectivity index (χ4v) is 4.91. The van der Waals surface area contributed by atoms with Gasteiger partial charge in [-0.2, -0.15) is 0 Å². The molecular formula is C23H20FN5O3S. The maximum atomic E-state index is 13.2. The fourth-order valence-electron chi connectivity index (χ4n) is 3.93. The molecule has 168 valence electrons. The van der Waals surface area contributed by atoms with Gasteiger partial charge in [-0.1, -0.05) is 12.1 Å². The van der Waals surface area contributed by atoms with E-state index in [1.54, 1.807) is 18.3 Å². The Morgan fingerprint density at radius 1 is 1.30 bits per heavy atom. The minimum absolute atomic E-state index is 0.105. The number of aromatic hydroxyl groups is 1. The maximum Gasteiger partial charge on any atom is 0.277 e. The number of aryl methyl sites for hydroxylation is 1. The summed E-state index contributed by atoms with van der Waals surface area (Å²) in [6.45, 7) is 0.106. The summed E-state index contributed by atoms with van der Waals surface area (Å²) >= 11 is 1.37. The maximum absolute atomic E-state index is 13.2. The second-order valence-corrected chi connectivity index (χ2v) is 8.99. The molecular weight excluding hydrogens is 445 g/mol. The quantitative estimate of drug-likeness (QED) is 0.418. The van der Waals surface area contributed by atoms with Gasteiger partial charge in [0.1, 0.15) is 18.0 Å². The Balaban J connectivity index is 1.27. The largest absolute Gasteiger partial charge is 0.505 e. The number of nitrogens with one attached hydrogen (secondary N) is 2. The highest BCUT2D eigenvalue weighted by Gasteiger charge is 2.24. The van der Waals surface area contributed by atoms with Crippen LogP contribution in [0, 0.1) is 5.82 Å². The Kier molecular flexibility index (Phi) is 5.51. The molecule has 0 saturated carbocycles. The van der Waals surface area contributed by atoms with Crippen molar-refractivity contribution in [2.75, 3.05) is 5.32 Å². The van der Waals surface area contributed by atoms with Gasteiger partial charge in [0.25, 0.3) is 5.56 Å². The minimum atomic E-state index is -0.329. The van der Waals surface area contributed by atoms with Gasteiger partial charge >= 0.3 is 0 Å². The molecule has 1 amide bonds. The smallest absolute Gasteiger partial charge is 0.277 e. The first-order valence-electron chi connectivity index (χ1n) is 10.4. The first kappa shape index (κ1) is 21.1. The van der Waals surface area contributed by atoms with E-state index in [-0.39, 0.29) is 42.2 Å². The highest BCUT2D eigenvalue weighted by Crippen LogP contribution is 2.32. The summed E-state index contributed by atoms with van der Waals surface area (Å²) < 4.78 is 15.2. The van der Waals surface area contributed by atoms with Crippen LogP contribution >= 0.6 is 11.3 Å². The molecule has 0 unspecified atom stereocenters. The number of halogens is 1. The van der Waals surface area contributed by atoms with Gasteiger partial charge in [-0.05, 0) is 36.6 Å². The molecule has 1 atom stereocenters. The molecule has 0 saturated heterocycles. The normalized spacial score (nSPS) is 15.1. The lowest BCUT2D eigenvalue weighted by Gasteiger charge is -2.26. The van der Waals surface area contributed by atoms with E-state index < -0.39 is 0 Å². The Morgan fingerprint density at radius 2 is 2.12 bits per heavy atom. The molecule has 8 nitrogen and oxygen atoms in total. The van der Waals surface area contributed by atoms with Crippen molar-refractivity contribution in [3.05, 3.63) is 81.4 Å². The first-order chi connectivity index (χ1) is 16.0. The molecule has 4 heterocycles. The summed E-state index contributed by atoms with van der Waals surface area (Å²) in [5.41, 5.74) is 1.60. The van der Waals surface area contributed by atoms with Crippen molar-refractivity contribution >= 4 is 33.0 Å². The van der Waals surface area contributed by atoms with E-state index in [9.17, 15) is 19.1 Å². The lowest BCUT2D eigenvalue weighted by Crippen LogP contribution is -2.35. The van der Waals surface area contributed by atoms with Crippen LogP contribution in [-0.2, 0) is 24.3 Å². The minimum Gasteiger partial charge on any atom is -0.505 e. The van der Waals surface area contributed by atoms with Crippen LogP contribution in [0.4, 0.5) is 10.1 Å². The number of anilines is 1. The number of benzene rings is 1. The molecule has 4 aromatic rings. The highest BCUT2D eigenvalue weighted by atomic mass is 32.1. The number of hydrogen-bond acceptors (Lipinski definition) is 7. The van der Waals surface area contributed by atoms with Gasteiger partial charge in [-0.15, -0.1) is 11.3 Å². The average Bonchev–Trinajstić information content (AvgIpc) is 3.25. The van der Waals surface area contributed by atoms with Crippen LogP contribution in [0.2, 0.25) is 0 Å². The Bertz CT molecular complexity index is 1400. The summed E-state index contributed by atoms with van der Waals surface area (Å²) in [5.74, 6) is -0.535. The number of nitrogens with zero attached hydrogens (tertiary/aromatic N) is 3. The van der Waals surface area contributed by atoms with Crippen molar-refractivity contribution < 1.29 is 14.3 Å². The molecule has 5 rings (SSSR count). The highest BCUT2D eigenvalue weighted by molar-refractivity contribution is 7.19. The molecule has 0 bridgehead atoms. The summed E-state index contributed by atoms with van der Waals surface area (Å²) in [7, 11) is 0. The Labute approximate surface area is 191 Å². The van der Waals surface area contributed by atoms with E-state index >= 15 is 0 Å². The van der Waals surface area contributed by atoms with Crippen LogP contribution in [0.25, 0.3) is 10.1 Å². The number of amides is 1. The van der Waals surface area contributed by atoms with Gasteiger partial charge in [-0.3, -0.25) is 19.1 Å². The monoisotopic (exact) mass is 465 g/mol. The van der Waals surface area contributed by atoms with Crippen molar-refractivity contribution in [2.45, 2.75) is 32.0 Å². The van der Waals surface area contributed by atoms with Crippen LogP contribution in [0.1, 0.15) is 28.6 Å². The average molecular weight is 466 g/mol. The lowest BCUT2D eigenvalue weighted by molar-refractivity contribution is -0.121. The molecule has 3 N–H and O–H groups in total. The van der Waals surface area contributed by atoms with Gasteiger partial charge in [0.2, 0.25) is 5.91 Å². The van der Waals surface area contributed by atoms with Crippen LogP contribution < -0.4 is 16.2 Å². The number of rotatable bonds is 5. The molecule has 0 spiro atoms. The summed E-state index contributed by atoms with van der Waals surface area (Å²) in [6.07, 6.45) is 5.77. The second-order valence-electron chi connectivity index (χ2n) is 7.85. The molecule has 3 aromatic heterocycles. The van der Waals surface area contributed by atoms with E-state index in [1.807, 2.05) is 6.07 Å². The van der Waals surface area contributed by atoms with Crippen LogP contribution in [-0.4, -0.2) is 25.5 Å². The predicted molar refractivity (Wildman–Crippen MR) is 123 cm³/mol. The number of carbonyl (C=O) groups excluding carboxylic acids is 1. The van der Waals surface area contributed by atoms with E-state index in [4.69, 9.17) is 0 Å². The van der Waals surface area contributed by atoms with Crippen molar-refractivity contribution in [3.8, 4) is 5.75 Å². The molecule has 1 aliphatic heterocycles. The van der Waals surface area contributed by atoms with E-state index in [0.717, 1.165) is 22.2 Å². The molecule has 1 aromatic carbocycles. The molecule has 1 aliphatic rings. The van der Waals surface area contributed by atoms with Gasteiger partial charge in [0, 0.05) is 16.5 Å². The fraction of sp³-hybridized carbons (Fsp3) is 0.217. The van der Waals surface area contributed by atoms with E-state index in [1.165, 1.54) is 40.6 Å². The standard InChI is InChI=1S/C23H20FN5O3S/c24-15-3-1-13(2-4-15)17-5-6-18-21(28-17)23(32)29(12-27-18)11-20(31)26-9-16-7-14-8-25-10-19(30)22(14)33-16/h1-4,7-8,10,12,17,28,30H,5-6,9,11H2,(H,26,31)/t17-/m0/s1. The number of carbonyl (C=O) groups is 1. The number of hydrogen-bond donors (Lipinski definition) is 3. The van der Waals surface area contributed by atoms with Crippen molar-refractivity contribution in [3.63, 3.8) is 0 Å². The summed E-state index contributed by atoms with van der Waals surface area (Å²) in [5, 5.41) is 16.7. The second kappa shape index (κ2) is 8.62. The summed E-state index contributed by atoms with van der Waals surface area (Å²) in [4.78, 5) is 34.7. The zero-order valence-corrected chi connectivity index (χ0v) is 18.2. The van der Waals surface area contributed by atoms with Gasteiger partial charge in [0.05, 0.1) is 35.5 Å². The third-order valence-corrected chi connectivity index (χ3v) is 6.78. The molecule has 0 radical (unpaired) electrons. The molecule has 10 heteroatoms. The van der Waals surface area contributed by atoms with E-state index in [0.29, 0.717) is 22.5 Å². The van der Waals surface area contributed by atoms with Crippen LogP contribution in [0.5, 0.6) is 5.75 Å². The Morgan fingerprint density at radius 3 is 2.91 bits per heavy atom. The number of fused-ring (bicyclic) bond motifs is 2. The summed E-state index contributed by atoms with van der Waals surface area (Å²) in [6, 6.07) is 7.92. The third kappa shape index (κ3) is 4.29. The first-order valence-corrected chi connectivity index (χ1v) is 11.2. The van der Waals surface area contributed by atoms with Crippen LogP contribution in [0.15, 0.2) is 53.8 Å².